The topological polar surface area (TPSA) is 65.8 Å². The van der Waals surface area contributed by atoms with Crippen LogP contribution in [-0.2, 0) is 0 Å². The van der Waals surface area contributed by atoms with Crippen LogP contribution in [-0.4, -0.2) is 10.9 Å². The van der Waals surface area contributed by atoms with Gasteiger partial charge in [-0.2, -0.15) is 9.65 Å². The molecule has 0 spiro atoms. The molecule has 1 aromatic heterocycles. The highest BCUT2D eigenvalue weighted by atomic mass is 19.1. The van der Waals surface area contributed by atoms with Gasteiger partial charge in [0, 0.05) is 11.9 Å². The lowest BCUT2D eigenvalue weighted by atomic mass is 10.2. The monoisotopic (exact) mass is 259 g/mol. The highest BCUT2D eigenvalue weighted by Crippen LogP contribution is 2.15. The number of carbonyl (C=O) groups excluding carboxylic acids is 1. The molecule has 1 N–H and O–H groups in total. The van der Waals surface area contributed by atoms with Gasteiger partial charge in [0.05, 0.1) is 11.1 Å². The van der Waals surface area contributed by atoms with E-state index in [0.29, 0.717) is 0 Å². The van der Waals surface area contributed by atoms with Crippen LogP contribution < -0.4 is 5.32 Å². The van der Waals surface area contributed by atoms with E-state index in [2.05, 4.69) is 10.3 Å². The smallest absolute Gasteiger partial charge is 0.260 e. The zero-order chi connectivity index (χ0) is 13.8. The van der Waals surface area contributed by atoms with Crippen LogP contribution in [0.25, 0.3) is 0 Å². The Kier molecular flexibility index (Phi) is 3.48. The summed E-state index contributed by atoms with van der Waals surface area (Å²) in [5.74, 6) is -2.31. The molecule has 0 aliphatic heterocycles. The average molecular weight is 259 g/mol. The number of halogens is 2. The fourth-order valence-corrected chi connectivity index (χ4v) is 1.44. The molecule has 0 fully saturated rings. The van der Waals surface area contributed by atoms with E-state index >= 15 is 0 Å². The first-order chi connectivity index (χ1) is 9.11. The van der Waals surface area contributed by atoms with E-state index in [1.807, 2.05) is 0 Å². The first kappa shape index (κ1) is 12.6. The SMILES string of the molecule is N#Cc1cc(NC(=O)c2cccnc2F)ccc1F. The van der Waals surface area contributed by atoms with Crippen molar-refractivity contribution >= 4 is 11.6 Å². The number of carbonyl (C=O) groups is 1. The van der Waals surface area contributed by atoms with Crippen LogP contribution in [0.4, 0.5) is 14.5 Å². The predicted octanol–water partition coefficient (Wildman–Crippen LogP) is 2.48. The van der Waals surface area contributed by atoms with Crippen molar-refractivity contribution < 1.29 is 13.6 Å². The molecule has 0 saturated carbocycles. The lowest BCUT2D eigenvalue weighted by Gasteiger charge is -2.06. The summed E-state index contributed by atoms with van der Waals surface area (Å²) in [5, 5.41) is 11.0. The summed E-state index contributed by atoms with van der Waals surface area (Å²) in [6.45, 7) is 0. The Morgan fingerprint density at radius 3 is 2.79 bits per heavy atom. The molecule has 0 radical (unpaired) electrons. The number of nitrogens with zero attached hydrogens (tertiary/aromatic N) is 2. The molecular weight excluding hydrogens is 252 g/mol. The molecular formula is C13H7F2N3O. The Hall–Kier alpha value is -2.81. The summed E-state index contributed by atoms with van der Waals surface area (Å²) >= 11 is 0. The number of nitriles is 1. The maximum atomic E-state index is 13.3. The lowest BCUT2D eigenvalue weighted by Crippen LogP contribution is -2.14. The standard InChI is InChI=1S/C13H7F2N3O/c14-11-4-3-9(6-8(11)7-16)18-13(19)10-2-1-5-17-12(10)15/h1-6H,(H,18,19). The molecule has 2 aromatic rings. The molecule has 2 rings (SSSR count). The molecule has 0 saturated heterocycles. The second-order valence-corrected chi connectivity index (χ2v) is 3.60. The summed E-state index contributed by atoms with van der Waals surface area (Å²) in [6.07, 6.45) is 1.22. The Bertz CT molecular complexity index is 680. The van der Waals surface area contributed by atoms with Crippen molar-refractivity contribution in [3.05, 3.63) is 59.4 Å². The van der Waals surface area contributed by atoms with Gasteiger partial charge in [-0.3, -0.25) is 4.79 Å². The van der Waals surface area contributed by atoms with Crippen LogP contribution in [0.5, 0.6) is 0 Å². The second-order valence-electron chi connectivity index (χ2n) is 3.60. The second kappa shape index (κ2) is 5.23. The number of pyridine rings is 1. The van der Waals surface area contributed by atoms with Gasteiger partial charge in [-0.15, -0.1) is 0 Å². The van der Waals surface area contributed by atoms with Crippen molar-refractivity contribution in [1.29, 1.82) is 5.26 Å². The quantitative estimate of drug-likeness (QED) is 0.842. The van der Waals surface area contributed by atoms with Gasteiger partial charge in [0.2, 0.25) is 5.95 Å². The molecule has 0 aliphatic rings. The van der Waals surface area contributed by atoms with Crippen molar-refractivity contribution in [3.63, 3.8) is 0 Å². The van der Waals surface area contributed by atoms with Crippen LogP contribution in [0.1, 0.15) is 15.9 Å². The zero-order valence-corrected chi connectivity index (χ0v) is 9.52. The number of hydrogen-bond donors (Lipinski definition) is 1. The lowest BCUT2D eigenvalue weighted by molar-refractivity contribution is 0.102. The number of nitrogens with one attached hydrogen (secondary N) is 1. The normalized spacial score (nSPS) is 9.74. The minimum absolute atomic E-state index is 0.200. The van der Waals surface area contributed by atoms with Crippen molar-refractivity contribution in [2.45, 2.75) is 0 Å². The van der Waals surface area contributed by atoms with E-state index in [1.54, 1.807) is 6.07 Å². The molecule has 1 aromatic carbocycles. The number of hydrogen-bond acceptors (Lipinski definition) is 3. The van der Waals surface area contributed by atoms with Crippen LogP contribution in [0.2, 0.25) is 0 Å². The van der Waals surface area contributed by atoms with E-state index in [4.69, 9.17) is 5.26 Å². The van der Waals surface area contributed by atoms with E-state index < -0.39 is 17.7 Å². The van der Waals surface area contributed by atoms with Gasteiger partial charge in [0.15, 0.2) is 0 Å². The van der Waals surface area contributed by atoms with Crippen LogP contribution in [0.15, 0.2) is 36.5 Å². The molecule has 1 amide bonds. The van der Waals surface area contributed by atoms with Crippen molar-refractivity contribution in [3.8, 4) is 6.07 Å². The maximum absolute atomic E-state index is 13.3. The molecule has 4 nitrogen and oxygen atoms in total. The number of amides is 1. The molecule has 19 heavy (non-hydrogen) atoms. The van der Waals surface area contributed by atoms with Crippen LogP contribution in [0, 0.1) is 23.1 Å². The minimum atomic E-state index is -0.900. The van der Waals surface area contributed by atoms with Gasteiger partial charge in [0.25, 0.3) is 5.91 Å². The summed E-state index contributed by atoms with van der Waals surface area (Å²) in [4.78, 5) is 15.1. The molecule has 6 heteroatoms. The summed E-state index contributed by atoms with van der Waals surface area (Å²) < 4.78 is 26.4. The Morgan fingerprint density at radius 1 is 1.32 bits per heavy atom. The molecule has 94 valence electrons. The van der Waals surface area contributed by atoms with E-state index in [9.17, 15) is 13.6 Å². The molecule has 1 heterocycles. The fourth-order valence-electron chi connectivity index (χ4n) is 1.44. The Labute approximate surface area is 107 Å². The number of benzene rings is 1. The zero-order valence-electron chi connectivity index (χ0n) is 9.52. The third-order valence-corrected chi connectivity index (χ3v) is 2.35. The summed E-state index contributed by atoms with van der Waals surface area (Å²) in [7, 11) is 0. The van der Waals surface area contributed by atoms with Crippen molar-refractivity contribution in [2.24, 2.45) is 0 Å². The van der Waals surface area contributed by atoms with Crippen LogP contribution >= 0.6 is 0 Å². The van der Waals surface area contributed by atoms with Crippen LogP contribution in [0.3, 0.4) is 0 Å². The van der Waals surface area contributed by atoms with E-state index in [1.165, 1.54) is 30.5 Å². The minimum Gasteiger partial charge on any atom is -0.322 e. The maximum Gasteiger partial charge on any atom is 0.260 e. The van der Waals surface area contributed by atoms with Gasteiger partial charge in [-0.25, -0.2) is 9.37 Å². The van der Waals surface area contributed by atoms with Gasteiger partial charge in [-0.1, -0.05) is 0 Å². The Balaban J connectivity index is 2.25. The summed E-state index contributed by atoms with van der Waals surface area (Å²) in [6, 6.07) is 7.84. The molecule has 0 unspecified atom stereocenters. The highest BCUT2D eigenvalue weighted by Gasteiger charge is 2.13. The van der Waals surface area contributed by atoms with Gasteiger partial charge in [0.1, 0.15) is 11.9 Å². The largest absolute Gasteiger partial charge is 0.322 e. The molecule has 0 atom stereocenters. The number of anilines is 1. The number of aromatic nitrogens is 1. The van der Waals surface area contributed by atoms with E-state index in [-0.39, 0.29) is 16.8 Å². The van der Waals surface area contributed by atoms with Gasteiger partial charge in [-0.05, 0) is 30.3 Å². The average Bonchev–Trinajstić information content (AvgIpc) is 2.41. The first-order valence-corrected chi connectivity index (χ1v) is 5.23. The number of rotatable bonds is 2. The third-order valence-electron chi connectivity index (χ3n) is 2.35. The van der Waals surface area contributed by atoms with E-state index in [0.717, 1.165) is 6.07 Å². The van der Waals surface area contributed by atoms with Crippen molar-refractivity contribution in [1.82, 2.24) is 4.98 Å². The Morgan fingerprint density at radius 2 is 2.11 bits per heavy atom. The summed E-state index contributed by atoms with van der Waals surface area (Å²) in [5.41, 5.74) is -0.235. The van der Waals surface area contributed by atoms with Gasteiger partial charge >= 0.3 is 0 Å². The van der Waals surface area contributed by atoms with Crippen molar-refractivity contribution in [2.75, 3.05) is 5.32 Å². The first-order valence-electron chi connectivity index (χ1n) is 5.23. The highest BCUT2D eigenvalue weighted by molar-refractivity contribution is 6.04. The van der Waals surface area contributed by atoms with Gasteiger partial charge < -0.3 is 5.32 Å². The predicted molar refractivity (Wildman–Crippen MR) is 63.3 cm³/mol. The molecule has 0 bridgehead atoms. The fraction of sp³-hybridized carbons (Fsp3) is 0. The third kappa shape index (κ3) is 2.72. The molecule has 0 aliphatic carbocycles.